The van der Waals surface area contributed by atoms with Gasteiger partial charge in [-0.2, -0.15) is 0 Å². The van der Waals surface area contributed by atoms with Crippen LogP contribution < -0.4 is 16.6 Å². The topological polar surface area (TPSA) is 75.9 Å². The van der Waals surface area contributed by atoms with Gasteiger partial charge in [-0.1, -0.05) is 6.92 Å². The molecule has 0 saturated heterocycles. The fourth-order valence-corrected chi connectivity index (χ4v) is 2.93. The van der Waals surface area contributed by atoms with E-state index in [9.17, 15) is 0 Å². The number of nitrogen functional groups attached to an aromatic ring is 1. The smallest absolute Gasteiger partial charge is 0.145 e. The van der Waals surface area contributed by atoms with Crippen LogP contribution in [-0.2, 0) is 6.42 Å². The van der Waals surface area contributed by atoms with Crippen molar-refractivity contribution in [3.8, 4) is 0 Å². The minimum Gasteiger partial charge on any atom is -0.340 e. The third-order valence-corrected chi connectivity index (χ3v) is 4.02. The van der Waals surface area contributed by atoms with Crippen molar-refractivity contribution in [2.24, 2.45) is 5.84 Å². The van der Waals surface area contributed by atoms with E-state index in [1.54, 1.807) is 17.4 Å². The van der Waals surface area contributed by atoms with Gasteiger partial charge in [-0.15, -0.1) is 11.3 Å². The lowest BCUT2D eigenvalue weighted by Crippen LogP contribution is -2.11. The van der Waals surface area contributed by atoms with Gasteiger partial charge in [0.2, 0.25) is 0 Å². The molecule has 0 atom stereocenters. The van der Waals surface area contributed by atoms with Crippen LogP contribution in [0, 0.1) is 0 Å². The molecule has 108 valence electrons. The fourth-order valence-electron chi connectivity index (χ4n) is 2.16. The number of thiophene rings is 1. The molecule has 0 fully saturated rings. The summed E-state index contributed by atoms with van der Waals surface area (Å²) in [5.41, 5.74) is 3.59. The van der Waals surface area contributed by atoms with Crippen molar-refractivity contribution in [3.63, 3.8) is 0 Å². The molecule has 0 bridgehead atoms. The number of rotatable bonds is 5. The maximum atomic E-state index is 5.47. The van der Waals surface area contributed by atoms with Crippen molar-refractivity contribution in [1.82, 2.24) is 9.97 Å². The zero-order valence-electron chi connectivity index (χ0n) is 11.8. The first-order valence-corrected chi connectivity index (χ1v) is 7.75. The molecular weight excluding hydrogens is 282 g/mol. The lowest BCUT2D eigenvalue weighted by molar-refractivity contribution is 0.837. The quantitative estimate of drug-likeness (QED) is 0.495. The van der Waals surface area contributed by atoms with E-state index in [2.05, 4.69) is 57.3 Å². The van der Waals surface area contributed by atoms with Gasteiger partial charge >= 0.3 is 0 Å². The summed E-state index contributed by atoms with van der Waals surface area (Å²) in [5.74, 6) is 7.62. The van der Waals surface area contributed by atoms with E-state index in [1.165, 1.54) is 10.1 Å². The molecule has 2 aromatic heterocycles. The minimum absolute atomic E-state index is 0.618. The molecule has 21 heavy (non-hydrogen) atoms. The number of aryl methyl sites for hydroxylation is 1. The second kappa shape index (κ2) is 6.07. The van der Waals surface area contributed by atoms with E-state index in [1.807, 2.05) is 0 Å². The number of nitrogens with zero attached hydrogens (tertiary/aromatic N) is 2. The van der Waals surface area contributed by atoms with Crippen LogP contribution in [-0.4, -0.2) is 9.97 Å². The number of fused-ring (bicyclic) bond motifs is 1. The van der Waals surface area contributed by atoms with Crippen LogP contribution in [0.2, 0.25) is 0 Å². The standard InChI is InChI=1S/C15H17N5S/c1-2-3-13-18-14(9-15(19-13)20-16)17-11-4-5-12-10(8-11)6-7-21-12/h4-9H,2-3,16H2,1H3,(H2,17,18,19,20). The number of hydrogen-bond acceptors (Lipinski definition) is 6. The summed E-state index contributed by atoms with van der Waals surface area (Å²) in [5, 5.41) is 6.64. The molecule has 0 unspecified atom stereocenters. The molecule has 2 heterocycles. The Kier molecular flexibility index (Phi) is 3.98. The predicted molar refractivity (Wildman–Crippen MR) is 88.9 cm³/mol. The average molecular weight is 299 g/mol. The zero-order chi connectivity index (χ0) is 14.7. The van der Waals surface area contributed by atoms with E-state index in [-0.39, 0.29) is 0 Å². The predicted octanol–water partition coefficient (Wildman–Crippen LogP) is 3.67. The Morgan fingerprint density at radius 2 is 2.00 bits per heavy atom. The molecule has 0 aliphatic rings. The molecule has 0 spiro atoms. The van der Waals surface area contributed by atoms with E-state index >= 15 is 0 Å². The van der Waals surface area contributed by atoms with Gasteiger partial charge in [0, 0.05) is 22.9 Å². The number of anilines is 3. The van der Waals surface area contributed by atoms with Crippen LogP contribution in [0.4, 0.5) is 17.3 Å². The first-order chi connectivity index (χ1) is 10.3. The molecule has 0 aliphatic heterocycles. The summed E-state index contributed by atoms with van der Waals surface area (Å²) in [4.78, 5) is 8.86. The van der Waals surface area contributed by atoms with Gasteiger partial charge in [0.1, 0.15) is 17.5 Å². The summed E-state index contributed by atoms with van der Waals surface area (Å²) in [6, 6.07) is 10.2. The molecule has 0 aliphatic carbocycles. The minimum atomic E-state index is 0.618. The highest BCUT2D eigenvalue weighted by Crippen LogP contribution is 2.26. The van der Waals surface area contributed by atoms with Crippen LogP contribution in [0.5, 0.6) is 0 Å². The summed E-state index contributed by atoms with van der Waals surface area (Å²) < 4.78 is 1.28. The average Bonchev–Trinajstić information content (AvgIpc) is 2.95. The molecule has 1 aromatic carbocycles. The summed E-state index contributed by atoms with van der Waals surface area (Å²) in [7, 11) is 0. The van der Waals surface area contributed by atoms with Crippen molar-refractivity contribution in [3.05, 3.63) is 41.5 Å². The van der Waals surface area contributed by atoms with E-state index in [0.717, 1.165) is 30.2 Å². The number of nitrogens with one attached hydrogen (secondary N) is 2. The molecular formula is C15H17N5S. The Labute approximate surface area is 127 Å². The Morgan fingerprint density at radius 3 is 2.81 bits per heavy atom. The van der Waals surface area contributed by atoms with Gasteiger partial charge in [0.05, 0.1) is 0 Å². The first kappa shape index (κ1) is 13.8. The molecule has 6 heteroatoms. The van der Waals surface area contributed by atoms with Crippen molar-refractivity contribution in [1.29, 1.82) is 0 Å². The number of hydrazine groups is 1. The third-order valence-electron chi connectivity index (χ3n) is 3.12. The largest absolute Gasteiger partial charge is 0.340 e. The lowest BCUT2D eigenvalue weighted by atomic mass is 10.2. The molecule has 0 saturated carbocycles. The molecule has 0 radical (unpaired) electrons. The van der Waals surface area contributed by atoms with Crippen LogP contribution in [0.25, 0.3) is 10.1 Å². The number of nitrogens with two attached hydrogens (primary N) is 1. The molecule has 5 nitrogen and oxygen atoms in total. The van der Waals surface area contributed by atoms with Gasteiger partial charge in [0.15, 0.2) is 0 Å². The molecule has 4 N–H and O–H groups in total. The van der Waals surface area contributed by atoms with Crippen LogP contribution in [0.3, 0.4) is 0 Å². The fraction of sp³-hybridized carbons (Fsp3) is 0.200. The normalized spacial score (nSPS) is 10.8. The van der Waals surface area contributed by atoms with Crippen molar-refractivity contribution >= 4 is 38.7 Å². The van der Waals surface area contributed by atoms with Crippen molar-refractivity contribution < 1.29 is 0 Å². The second-order valence-corrected chi connectivity index (χ2v) is 5.69. The van der Waals surface area contributed by atoms with Gasteiger partial charge in [-0.25, -0.2) is 15.8 Å². The molecule has 3 aromatic rings. The molecule has 3 rings (SSSR count). The van der Waals surface area contributed by atoms with E-state index in [0.29, 0.717) is 5.82 Å². The Bertz CT molecular complexity index is 753. The highest BCUT2D eigenvalue weighted by molar-refractivity contribution is 7.17. The van der Waals surface area contributed by atoms with E-state index < -0.39 is 0 Å². The third kappa shape index (κ3) is 3.12. The number of benzene rings is 1. The van der Waals surface area contributed by atoms with Crippen LogP contribution in [0.1, 0.15) is 19.2 Å². The SMILES string of the molecule is CCCc1nc(NN)cc(Nc2ccc3sccc3c2)n1. The summed E-state index contributed by atoms with van der Waals surface area (Å²) in [6.07, 6.45) is 1.82. The van der Waals surface area contributed by atoms with Gasteiger partial charge in [-0.3, -0.25) is 0 Å². The highest BCUT2D eigenvalue weighted by Gasteiger charge is 2.05. The van der Waals surface area contributed by atoms with E-state index in [4.69, 9.17) is 5.84 Å². The lowest BCUT2D eigenvalue weighted by Gasteiger charge is -2.09. The van der Waals surface area contributed by atoms with Gasteiger partial charge < -0.3 is 10.7 Å². The van der Waals surface area contributed by atoms with Crippen LogP contribution in [0.15, 0.2) is 35.7 Å². The maximum Gasteiger partial charge on any atom is 0.145 e. The van der Waals surface area contributed by atoms with Crippen LogP contribution >= 0.6 is 11.3 Å². The summed E-state index contributed by atoms with van der Waals surface area (Å²) >= 11 is 1.74. The molecule has 0 amide bonds. The van der Waals surface area contributed by atoms with Crippen molar-refractivity contribution in [2.45, 2.75) is 19.8 Å². The monoisotopic (exact) mass is 299 g/mol. The van der Waals surface area contributed by atoms with Gasteiger partial charge in [0.25, 0.3) is 0 Å². The Morgan fingerprint density at radius 1 is 1.14 bits per heavy atom. The Hall–Kier alpha value is -2.18. The first-order valence-electron chi connectivity index (χ1n) is 6.87. The zero-order valence-corrected chi connectivity index (χ0v) is 12.6. The number of hydrogen-bond donors (Lipinski definition) is 3. The van der Waals surface area contributed by atoms with Gasteiger partial charge in [-0.05, 0) is 41.5 Å². The summed E-state index contributed by atoms with van der Waals surface area (Å²) in [6.45, 7) is 2.10. The number of aromatic nitrogens is 2. The Balaban J connectivity index is 1.90. The second-order valence-electron chi connectivity index (χ2n) is 4.75. The maximum absolute atomic E-state index is 5.47. The highest BCUT2D eigenvalue weighted by atomic mass is 32.1. The van der Waals surface area contributed by atoms with Crippen molar-refractivity contribution in [2.75, 3.05) is 10.7 Å².